The van der Waals surface area contributed by atoms with Gasteiger partial charge in [0, 0.05) is 42.0 Å². The molecule has 0 saturated carbocycles. The Labute approximate surface area is 290 Å². The summed E-state index contributed by atoms with van der Waals surface area (Å²) in [5.74, 6) is 0. The van der Waals surface area contributed by atoms with Crippen molar-refractivity contribution in [3.8, 4) is 44.8 Å². The smallest absolute Gasteiger partial charge is 0.0715 e. The van der Waals surface area contributed by atoms with Gasteiger partial charge in [-0.1, -0.05) is 145 Å². The number of benzene rings is 6. The maximum absolute atomic E-state index is 4.87. The predicted molar refractivity (Wildman–Crippen MR) is 195 cm³/mol. The Balaban J connectivity index is 0.000000161. The third-order valence-electron chi connectivity index (χ3n) is 8.26. The standard InChI is InChI=1S/2C22H17N.Ir/c2*1-16-7-5-10-18(15-16)21-14-13-20-19(11-6-12-22(20)23-21)17-8-3-2-4-9-17;/h2*2-15H,1H3;. The number of aryl methyl sites for hydroxylation is 2. The van der Waals surface area contributed by atoms with Gasteiger partial charge in [-0.25, -0.2) is 9.97 Å². The molecule has 0 saturated heterocycles. The van der Waals surface area contributed by atoms with Crippen molar-refractivity contribution < 1.29 is 20.1 Å². The van der Waals surface area contributed by atoms with Crippen LogP contribution in [0.15, 0.2) is 170 Å². The molecule has 2 nitrogen and oxygen atoms in total. The molecule has 6 aromatic carbocycles. The molecule has 2 heterocycles. The van der Waals surface area contributed by atoms with Gasteiger partial charge in [0.05, 0.1) is 22.4 Å². The number of hydrogen-bond donors (Lipinski definition) is 0. The predicted octanol–water partition coefficient (Wildman–Crippen LogP) is 11.8. The average molecular weight is 783 g/mol. The summed E-state index contributed by atoms with van der Waals surface area (Å²) in [6.45, 7) is 4.22. The number of hydrogen-bond acceptors (Lipinski definition) is 2. The molecule has 0 amide bonds. The fourth-order valence-corrected chi connectivity index (χ4v) is 5.98. The third kappa shape index (κ3) is 7.13. The van der Waals surface area contributed by atoms with E-state index in [-0.39, 0.29) is 20.1 Å². The third-order valence-corrected chi connectivity index (χ3v) is 8.26. The minimum atomic E-state index is 0. The van der Waals surface area contributed by atoms with E-state index in [4.69, 9.17) is 9.97 Å². The maximum Gasteiger partial charge on any atom is 0.0715 e. The van der Waals surface area contributed by atoms with Crippen LogP contribution in [0, 0.1) is 13.8 Å². The summed E-state index contributed by atoms with van der Waals surface area (Å²) in [5, 5.41) is 2.38. The molecular formula is C44H34IrN2. The molecule has 2 aromatic heterocycles. The van der Waals surface area contributed by atoms with Crippen molar-refractivity contribution in [3.63, 3.8) is 0 Å². The molecule has 0 aliphatic carbocycles. The Hall–Kier alpha value is -5.21. The number of aromatic nitrogens is 2. The Morgan fingerprint density at radius 2 is 0.723 bits per heavy atom. The zero-order valence-electron chi connectivity index (χ0n) is 26.4. The number of pyridine rings is 2. The summed E-state index contributed by atoms with van der Waals surface area (Å²) in [5.41, 5.74) is 13.8. The Morgan fingerprint density at radius 3 is 1.13 bits per heavy atom. The quantitative estimate of drug-likeness (QED) is 0.178. The molecular weight excluding hydrogens is 749 g/mol. The fourth-order valence-electron chi connectivity index (χ4n) is 5.98. The van der Waals surface area contributed by atoms with Crippen molar-refractivity contribution in [2.24, 2.45) is 0 Å². The molecule has 8 aromatic rings. The molecule has 0 aliphatic rings. The molecule has 0 aliphatic heterocycles. The molecule has 47 heavy (non-hydrogen) atoms. The Morgan fingerprint density at radius 1 is 0.340 bits per heavy atom. The molecule has 229 valence electrons. The second-order valence-electron chi connectivity index (χ2n) is 11.6. The van der Waals surface area contributed by atoms with E-state index in [1.165, 1.54) is 44.2 Å². The molecule has 0 fully saturated rings. The average Bonchev–Trinajstić information content (AvgIpc) is 3.11. The number of rotatable bonds is 4. The van der Waals surface area contributed by atoms with Gasteiger partial charge in [-0.2, -0.15) is 0 Å². The molecule has 0 bridgehead atoms. The molecule has 8 rings (SSSR count). The second kappa shape index (κ2) is 14.5. The van der Waals surface area contributed by atoms with Crippen LogP contribution in [0.3, 0.4) is 0 Å². The van der Waals surface area contributed by atoms with Gasteiger partial charge >= 0.3 is 0 Å². The van der Waals surface area contributed by atoms with Gasteiger partial charge in [-0.3, -0.25) is 0 Å². The molecule has 0 atom stereocenters. The van der Waals surface area contributed by atoms with Crippen LogP contribution in [-0.2, 0) is 20.1 Å². The zero-order chi connectivity index (χ0) is 31.3. The monoisotopic (exact) mass is 783 g/mol. The van der Waals surface area contributed by atoms with Crippen molar-refractivity contribution in [1.29, 1.82) is 0 Å². The first-order valence-electron chi connectivity index (χ1n) is 15.7. The van der Waals surface area contributed by atoms with Crippen molar-refractivity contribution in [2.45, 2.75) is 13.8 Å². The Bertz CT molecular complexity index is 2110. The van der Waals surface area contributed by atoms with E-state index in [1.807, 2.05) is 12.1 Å². The Kier molecular flexibility index (Phi) is 9.78. The van der Waals surface area contributed by atoms with Gasteiger partial charge in [0.2, 0.25) is 0 Å². The maximum atomic E-state index is 4.87. The van der Waals surface area contributed by atoms with E-state index < -0.39 is 0 Å². The van der Waals surface area contributed by atoms with Crippen molar-refractivity contribution in [1.82, 2.24) is 9.97 Å². The molecule has 0 N–H and O–H groups in total. The topological polar surface area (TPSA) is 25.8 Å². The van der Waals surface area contributed by atoms with Crippen molar-refractivity contribution in [3.05, 3.63) is 181 Å². The summed E-state index contributed by atoms with van der Waals surface area (Å²) in [6, 6.07) is 59.1. The van der Waals surface area contributed by atoms with Gasteiger partial charge in [0.25, 0.3) is 0 Å². The van der Waals surface area contributed by atoms with Gasteiger partial charge in [-0.15, -0.1) is 0 Å². The fraction of sp³-hybridized carbons (Fsp3) is 0.0455. The van der Waals surface area contributed by atoms with Crippen LogP contribution in [0.4, 0.5) is 0 Å². The first kappa shape index (κ1) is 31.8. The number of fused-ring (bicyclic) bond motifs is 2. The van der Waals surface area contributed by atoms with Crippen LogP contribution in [0.5, 0.6) is 0 Å². The van der Waals surface area contributed by atoms with Crippen LogP contribution in [-0.4, -0.2) is 9.97 Å². The van der Waals surface area contributed by atoms with Crippen LogP contribution < -0.4 is 0 Å². The minimum absolute atomic E-state index is 0. The van der Waals surface area contributed by atoms with E-state index in [0.29, 0.717) is 0 Å². The largest absolute Gasteiger partial charge is 0.248 e. The molecule has 0 spiro atoms. The van der Waals surface area contributed by atoms with Gasteiger partial charge in [0.1, 0.15) is 0 Å². The molecule has 0 unspecified atom stereocenters. The molecule has 3 heteroatoms. The van der Waals surface area contributed by atoms with E-state index in [0.717, 1.165) is 33.5 Å². The van der Waals surface area contributed by atoms with E-state index in [9.17, 15) is 0 Å². The van der Waals surface area contributed by atoms with Crippen LogP contribution in [0.1, 0.15) is 11.1 Å². The number of nitrogens with zero attached hydrogens (tertiary/aromatic N) is 2. The zero-order valence-corrected chi connectivity index (χ0v) is 28.8. The van der Waals surface area contributed by atoms with E-state index in [2.05, 4.69) is 172 Å². The summed E-state index contributed by atoms with van der Waals surface area (Å²) < 4.78 is 0. The van der Waals surface area contributed by atoms with Gasteiger partial charge in [-0.05, 0) is 72.5 Å². The summed E-state index contributed by atoms with van der Waals surface area (Å²) >= 11 is 0. The van der Waals surface area contributed by atoms with E-state index >= 15 is 0 Å². The minimum Gasteiger partial charge on any atom is -0.248 e. The first-order valence-corrected chi connectivity index (χ1v) is 15.7. The first-order chi connectivity index (χ1) is 22.6. The SMILES string of the molecule is Cc1cccc(-c2ccc3c(-c4ccccc4)cccc3n2)c1.Cc1cccc(-c2ccc3c(-c4ccccc4)cccc3n2)c1.[Ir]. The summed E-state index contributed by atoms with van der Waals surface area (Å²) in [6.07, 6.45) is 0. The van der Waals surface area contributed by atoms with Gasteiger partial charge < -0.3 is 0 Å². The van der Waals surface area contributed by atoms with E-state index in [1.54, 1.807) is 0 Å². The van der Waals surface area contributed by atoms with Gasteiger partial charge in [0.15, 0.2) is 0 Å². The normalized spacial score (nSPS) is 10.6. The summed E-state index contributed by atoms with van der Waals surface area (Å²) in [7, 11) is 0. The van der Waals surface area contributed by atoms with Crippen molar-refractivity contribution >= 4 is 21.8 Å². The summed E-state index contributed by atoms with van der Waals surface area (Å²) in [4.78, 5) is 9.75. The van der Waals surface area contributed by atoms with Crippen molar-refractivity contribution in [2.75, 3.05) is 0 Å². The molecule has 1 radical (unpaired) electrons. The second-order valence-corrected chi connectivity index (χ2v) is 11.6. The van der Waals surface area contributed by atoms with Crippen LogP contribution in [0.2, 0.25) is 0 Å². The van der Waals surface area contributed by atoms with Crippen LogP contribution in [0.25, 0.3) is 66.6 Å². The van der Waals surface area contributed by atoms with Crippen LogP contribution >= 0.6 is 0 Å².